The van der Waals surface area contributed by atoms with Crippen molar-refractivity contribution < 1.29 is 9.90 Å². The zero-order valence-corrected chi connectivity index (χ0v) is 10.7. The van der Waals surface area contributed by atoms with Gasteiger partial charge in [-0.1, -0.05) is 0 Å². The third kappa shape index (κ3) is 2.30. The van der Waals surface area contributed by atoms with Crippen molar-refractivity contribution in [1.29, 1.82) is 0 Å². The topological polar surface area (TPSA) is 54.3 Å². The van der Waals surface area contributed by atoms with Crippen LogP contribution in [-0.4, -0.2) is 27.7 Å². The van der Waals surface area contributed by atoms with Gasteiger partial charge in [0.2, 0.25) is 0 Å². The smallest absolute Gasteiger partial charge is 0.268 e. The second-order valence-corrected chi connectivity index (χ2v) is 5.33. The molecule has 4 nitrogen and oxygen atoms in total. The van der Waals surface area contributed by atoms with Crippen molar-refractivity contribution in [3.8, 4) is 0 Å². The molecule has 0 aromatic carbocycles. The van der Waals surface area contributed by atoms with Gasteiger partial charge in [-0.25, -0.2) is 0 Å². The molecular weight excluding hydrogens is 272 g/mol. The Morgan fingerprint density at radius 2 is 2.38 bits per heavy atom. The summed E-state index contributed by atoms with van der Waals surface area (Å²) in [6.45, 7) is 0.342. The number of amides is 1. The monoisotopic (exact) mass is 286 g/mol. The van der Waals surface area contributed by atoms with Gasteiger partial charge >= 0.3 is 0 Å². The molecule has 1 amide bonds. The Hall–Kier alpha value is -0.810. The first kappa shape index (κ1) is 11.7. The van der Waals surface area contributed by atoms with E-state index in [9.17, 15) is 9.90 Å². The maximum Gasteiger partial charge on any atom is 0.268 e. The van der Waals surface area contributed by atoms with Gasteiger partial charge in [-0.2, -0.15) is 0 Å². The molecule has 1 heterocycles. The standard InChI is InChI=1S/C11H15BrN2O2/c1-14-6-8(12)5-9(14)10(15)13-7-11(16)3-2-4-11/h5-6,16H,2-4,7H2,1H3,(H,13,15). The molecule has 1 fully saturated rings. The average molecular weight is 287 g/mol. The van der Waals surface area contributed by atoms with E-state index >= 15 is 0 Å². The van der Waals surface area contributed by atoms with Gasteiger partial charge in [-0.05, 0) is 41.3 Å². The number of carbonyl (C=O) groups excluding carboxylic acids is 1. The summed E-state index contributed by atoms with van der Waals surface area (Å²) < 4.78 is 2.63. The molecule has 0 unspecified atom stereocenters. The number of aryl methyl sites for hydroxylation is 1. The van der Waals surface area contributed by atoms with E-state index in [4.69, 9.17) is 0 Å². The van der Waals surface area contributed by atoms with Crippen molar-refractivity contribution in [2.75, 3.05) is 6.54 Å². The van der Waals surface area contributed by atoms with Crippen LogP contribution in [-0.2, 0) is 7.05 Å². The largest absolute Gasteiger partial charge is 0.388 e. The lowest BCUT2D eigenvalue weighted by Gasteiger charge is -2.36. The van der Waals surface area contributed by atoms with Gasteiger partial charge in [0.05, 0.1) is 5.60 Å². The van der Waals surface area contributed by atoms with Crippen LogP contribution >= 0.6 is 15.9 Å². The first-order chi connectivity index (χ1) is 7.50. The molecule has 0 bridgehead atoms. The van der Waals surface area contributed by atoms with E-state index < -0.39 is 5.60 Å². The summed E-state index contributed by atoms with van der Waals surface area (Å²) in [4.78, 5) is 11.8. The van der Waals surface area contributed by atoms with E-state index in [0.29, 0.717) is 12.2 Å². The summed E-state index contributed by atoms with van der Waals surface area (Å²) in [5.74, 6) is -0.145. The first-order valence-electron chi connectivity index (χ1n) is 5.33. The van der Waals surface area contributed by atoms with Gasteiger partial charge < -0.3 is 15.0 Å². The molecule has 2 rings (SSSR count). The quantitative estimate of drug-likeness (QED) is 0.883. The summed E-state index contributed by atoms with van der Waals surface area (Å²) in [6.07, 6.45) is 4.43. The molecule has 1 saturated carbocycles. The number of aliphatic hydroxyl groups is 1. The number of halogens is 1. The second-order valence-electron chi connectivity index (χ2n) is 4.42. The molecule has 1 aromatic heterocycles. The molecule has 1 aromatic rings. The first-order valence-corrected chi connectivity index (χ1v) is 6.12. The molecule has 1 aliphatic rings. The van der Waals surface area contributed by atoms with Crippen LogP contribution in [0, 0.1) is 0 Å². The number of nitrogens with one attached hydrogen (secondary N) is 1. The predicted molar refractivity (Wildman–Crippen MR) is 64.2 cm³/mol. The molecule has 1 aliphatic carbocycles. The van der Waals surface area contributed by atoms with Crippen LogP contribution < -0.4 is 5.32 Å². The van der Waals surface area contributed by atoms with Crippen molar-refractivity contribution in [2.45, 2.75) is 24.9 Å². The van der Waals surface area contributed by atoms with Crippen LogP contribution in [0.4, 0.5) is 0 Å². The molecule has 0 spiro atoms. The third-order valence-corrected chi connectivity index (χ3v) is 3.50. The highest BCUT2D eigenvalue weighted by atomic mass is 79.9. The third-order valence-electron chi connectivity index (χ3n) is 3.07. The Kier molecular flexibility index (Phi) is 3.08. The Balaban J connectivity index is 1.95. The maximum absolute atomic E-state index is 11.8. The van der Waals surface area contributed by atoms with Crippen LogP contribution in [0.2, 0.25) is 0 Å². The minimum absolute atomic E-state index is 0.145. The summed E-state index contributed by atoms with van der Waals surface area (Å²) in [5.41, 5.74) is -0.0762. The van der Waals surface area contributed by atoms with Gasteiger partial charge in [-0.15, -0.1) is 0 Å². The highest BCUT2D eigenvalue weighted by Gasteiger charge is 2.34. The second kappa shape index (κ2) is 4.22. The maximum atomic E-state index is 11.8. The van der Waals surface area contributed by atoms with E-state index in [1.807, 2.05) is 13.2 Å². The van der Waals surface area contributed by atoms with Gasteiger partial charge in [0, 0.05) is 24.3 Å². The summed E-state index contributed by atoms with van der Waals surface area (Å²) in [7, 11) is 1.82. The average Bonchev–Trinajstić information content (AvgIpc) is 2.51. The summed E-state index contributed by atoms with van der Waals surface area (Å²) >= 11 is 3.32. The highest BCUT2D eigenvalue weighted by Crippen LogP contribution is 2.30. The lowest BCUT2D eigenvalue weighted by atomic mass is 9.80. The van der Waals surface area contributed by atoms with Gasteiger partial charge in [0.1, 0.15) is 5.69 Å². The van der Waals surface area contributed by atoms with Crippen LogP contribution in [0.3, 0.4) is 0 Å². The predicted octanol–water partition coefficient (Wildman–Crippen LogP) is 1.43. The number of hydrogen-bond acceptors (Lipinski definition) is 2. The van der Waals surface area contributed by atoms with Gasteiger partial charge in [0.15, 0.2) is 0 Å². The molecule has 5 heteroatoms. The number of aromatic nitrogens is 1. The van der Waals surface area contributed by atoms with Crippen LogP contribution in [0.25, 0.3) is 0 Å². The number of nitrogens with zero attached hydrogens (tertiary/aromatic N) is 1. The normalized spacial score (nSPS) is 17.9. The van der Waals surface area contributed by atoms with Gasteiger partial charge in [-0.3, -0.25) is 4.79 Å². The minimum atomic E-state index is -0.669. The van der Waals surface area contributed by atoms with Gasteiger partial charge in [0.25, 0.3) is 5.91 Å². The van der Waals surface area contributed by atoms with Crippen LogP contribution in [0.15, 0.2) is 16.7 Å². The molecule has 0 atom stereocenters. The number of hydrogen-bond donors (Lipinski definition) is 2. The molecule has 0 saturated heterocycles. The lowest BCUT2D eigenvalue weighted by Crippen LogP contribution is -2.48. The fourth-order valence-corrected chi connectivity index (χ4v) is 2.37. The Labute approximate surface area is 103 Å². The van der Waals surface area contributed by atoms with E-state index in [1.54, 1.807) is 10.6 Å². The van der Waals surface area contributed by atoms with Crippen molar-refractivity contribution in [1.82, 2.24) is 9.88 Å². The minimum Gasteiger partial charge on any atom is -0.388 e. The number of carbonyl (C=O) groups is 1. The molecule has 2 N–H and O–H groups in total. The Morgan fingerprint density at radius 1 is 1.69 bits per heavy atom. The fourth-order valence-electron chi connectivity index (χ4n) is 1.85. The number of rotatable bonds is 3. The van der Waals surface area contributed by atoms with E-state index in [-0.39, 0.29) is 5.91 Å². The molecular formula is C11H15BrN2O2. The zero-order valence-electron chi connectivity index (χ0n) is 9.16. The molecule has 0 radical (unpaired) electrons. The van der Waals surface area contributed by atoms with Crippen molar-refractivity contribution in [3.63, 3.8) is 0 Å². The fraction of sp³-hybridized carbons (Fsp3) is 0.545. The SMILES string of the molecule is Cn1cc(Br)cc1C(=O)NCC1(O)CCC1. The zero-order chi connectivity index (χ0) is 11.8. The molecule has 16 heavy (non-hydrogen) atoms. The van der Waals surface area contributed by atoms with E-state index in [0.717, 1.165) is 23.7 Å². The van der Waals surface area contributed by atoms with Crippen molar-refractivity contribution in [2.24, 2.45) is 7.05 Å². The summed E-state index contributed by atoms with van der Waals surface area (Å²) in [5, 5.41) is 12.6. The van der Waals surface area contributed by atoms with E-state index in [2.05, 4.69) is 21.2 Å². The van der Waals surface area contributed by atoms with Crippen LogP contribution in [0.5, 0.6) is 0 Å². The lowest BCUT2D eigenvalue weighted by molar-refractivity contribution is -0.0301. The van der Waals surface area contributed by atoms with E-state index in [1.165, 1.54) is 0 Å². The Bertz CT molecular complexity index is 410. The molecule has 0 aliphatic heterocycles. The summed E-state index contributed by atoms with van der Waals surface area (Å²) in [6, 6.07) is 1.76. The van der Waals surface area contributed by atoms with Crippen LogP contribution in [0.1, 0.15) is 29.8 Å². The van der Waals surface area contributed by atoms with Crippen molar-refractivity contribution >= 4 is 21.8 Å². The molecule has 88 valence electrons. The van der Waals surface area contributed by atoms with Crippen molar-refractivity contribution in [3.05, 3.63) is 22.4 Å². The Morgan fingerprint density at radius 3 is 2.81 bits per heavy atom. The highest BCUT2D eigenvalue weighted by molar-refractivity contribution is 9.10.